The second kappa shape index (κ2) is 5.94. The minimum Gasteiger partial charge on any atom is -0.192 e. The second-order valence-electron chi connectivity index (χ2n) is 5.47. The highest BCUT2D eigenvalue weighted by Crippen LogP contribution is 2.38. The highest BCUT2D eigenvalue weighted by atomic mass is 14.2. The van der Waals surface area contributed by atoms with Gasteiger partial charge in [0.15, 0.2) is 0 Å². The molecule has 3 aromatic rings. The maximum atomic E-state index is 9.21. The van der Waals surface area contributed by atoms with Crippen molar-refractivity contribution in [2.75, 3.05) is 0 Å². The van der Waals surface area contributed by atoms with Crippen molar-refractivity contribution in [3.05, 3.63) is 83.9 Å². The van der Waals surface area contributed by atoms with Crippen LogP contribution in [0.2, 0.25) is 0 Å². The Morgan fingerprint density at radius 2 is 1.61 bits per heavy atom. The molecule has 0 atom stereocenters. The molecule has 110 valence electrons. The Hall–Kier alpha value is -3.11. The fourth-order valence-electron chi connectivity index (χ4n) is 3.19. The molecule has 0 unspecified atom stereocenters. The predicted molar refractivity (Wildman–Crippen MR) is 99.0 cm³/mol. The van der Waals surface area contributed by atoms with Gasteiger partial charge in [0.25, 0.3) is 0 Å². The van der Waals surface area contributed by atoms with Gasteiger partial charge < -0.3 is 0 Å². The molecule has 0 bridgehead atoms. The van der Waals surface area contributed by atoms with E-state index in [0.29, 0.717) is 5.56 Å². The average Bonchev–Trinajstić information content (AvgIpc) is 2.61. The highest BCUT2D eigenvalue weighted by molar-refractivity contribution is 6.05. The standard InChI is InChI=1S/C22H17N/c1-4-18-15(3)20-11-6-7-12-21(20)22(19(18)5-2)17-10-8-9-16(13-17)14-23/h4-13H,1-2H2,3H3. The summed E-state index contributed by atoms with van der Waals surface area (Å²) in [5.74, 6) is 0. The van der Waals surface area contributed by atoms with E-state index in [4.69, 9.17) is 0 Å². The summed E-state index contributed by atoms with van der Waals surface area (Å²) in [7, 11) is 0. The molecule has 1 heteroatoms. The molecule has 3 rings (SSSR count). The first-order valence-corrected chi connectivity index (χ1v) is 7.52. The van der Waals surface area contributed by atoms with Gasteiger partial charge in [-0.2, -0.15) is 5.26 Å². The summed E-state index contributed by atoms with van der Waals surface area (Å²) in [6, 6.07) is 18.3. The largest absolute Gasteiger partial charge is 0.192 e. The minimum absolute atomic E-state index is 0.655. The molecule has 3 aromatic carbocycles. The third-order valence-electron chi connectivity index (χ3n) is 4.25. The topological polar surface area (TPSA) is 23.8 Å². The van der Waals surface area contributed by atoms with Crippen LogP contribution in [-0.2, 0) is 0 Å². The van der Waals surface area contributed by atoms with Gasteiger partial charge in [-0.1, -0.05) is 61.7 Å². The molecular formula is C22H17N. The summed E-state index contributed by atoms with van der Waals surface area (Å²) in [6.07, 6.45) is 3.77. The summed E-state index contributed by atoms with van der Waals surface area (Å²) < 4.78 is 0. The van der Waals surface area contributed by atoms with Crippen molar-refractivity contribution in [1.82, 2.24) is 0 Å². The average molecular weight is 295 g/mol. The Morgan fingerprint density at radius 1 is 0.913 bits per heavy atom. The Balaban J connectivity index is 2.52. The van der Waals surface area contributed by atoms with E-state index < -0.39 is 0 Å². The minimum atomic E-state index is 0.655. The third-order valence-corrected chi connectivity index (χ3v) is 4.25. The van der Waals surface area contributed by atoms with Crippen LogP contribution in [0, 0.1) is 18.3 Å². The van der Waals surface area contributed by atoms with Gasteiger partial charge in [0.1, 0.15) is 0 Å². The first kappa shape index (κ1) is 14.8. The summed E-state index contributed by atoms with van der Waals surface area (Å²) >= 11 is 0. The van der Waals surface area contributed by atoms with Crippen molar-refractivity contribution < 1.29 is 0 Å². The maximum Gasteiger partial charge on any atom is 0.0991 e. The lowest BCUT2D eigenvalue weighted by molar-refractivity contribution is 1.46. The van der Waals surface area contributed by atoms with Crippen LogP contribution in [-0.4, -0.2) is 0 Å². The van der Waals surface area contributed by atoms with E-state index in [9.17, 15) is 5.26 Å². The van der Waals surface area contributed by atoms with E-state index in [1.165, 1.54) is 16.3 Å². The zero-order valence-corrected chi connectivity index (χ0v) is 13.1. The predicted octanol–water partition coefficient (Wildman–Crippen LogP) is 5.97. The van der Waals surface area contributed by atoms with Crippen LogP contribution in [0.4, 0.5) is 0 Å². The molecule has 0 saturated heterocycles. The first-order valence-electron chi connectivity index (χ1n) is 7.52. The molecular weight excluding hydrogens is 278 g/mol. The molecule has 0 aliphatic rings. The van der Waals surface area contributed by atoms with E-state index in [-0.39, 0.29) is 0 Å². The van der Waals surface area contributed by atoms with Gasteiger partial charge in [-0.3, -0.25) is 0 Å². The lowest BCUT2D eigenvalue weighted by Gasteiger charge is -2.17. The summed E-state index contributed by atoms with van der Waals surface area (Å²) in [5.41, 5.74) is 6.14. The van der Waals surface area contributed by atoms with Crippen molar-refractivity contribution in [2.45, 2.75) is 6.92 Å². The normalized spacial score (nSPS) is 10.3. The fourth-order valence-corrected chi connectivity index (χ4v) is 3.19. The number of rotatable bonds is 3. The molecule has 0 aliphatic heterocycles. The first-order chi connectivity index (χ1) is 11.2. The van der Waals surface area contributed by atoms with Crippen LogP contribution < -0.4 is 0 Å². The molecule has 0 fully saturated rings. The quantitative estimate of drug-likeness (QED) is 0.583. The highest BCUT2D eigenvalue weighted by Gasteiger charge is 2.15. The summed E-state index contributed by atoms with van der Waals surface area (Å²) in [6.45, 7) is 10.1. The molecule has 0 aromatic heterocycles. The summed E-state index contributed by atoms with van der Waals surface area (Å²) in [5, 5.41) is 11.6. The smallest absolute Gasteiger partial charge is 0.0991 e. The zero-order valence-electron chi connectivity index (χ0n) is 13.1. The van der Waals surface area contributed by atoms with Crippen LogP contribution in [0.25, 0.3) is 34.1 Å². The molecule has 1 nitrogen and oxygen atoms in total. The van der Waals surface area contributed by atoms with Gasteiger partial charge in [0, 0.05) is 0 Å². The number of nitriles is 1. The van der Waals surface area contributed by atoms with E-state index in [1.54, 1.807) is 0 Å². The number of aryl methyl sites for hydroxylation is 1. The van der Waals surface area contributed by atoms with E-state index >= 15 is 0 Å². The lowest BCUT2D eigenvalue weighted by atomic mass is 9.86. The van der Waals surface area contributed by atoms with Crippen molar-refractivity contribution in [3.63, 3.8) is 0 Å². The van der Waals surface area contributed by atoms with Gasteiger partial charge in [-0.15, -0.1) is 0 Å². The van der Waals surface area contributed by atoms with Crippen molar-refractivity contribution in [3.8, 4) is 17.2 Å². The van der Waals surface area contributed by atoms with Crippen molar-refractivity contribution >= 4 is 22.9 Å². The molecule has 0 N–H and O–H groups in total. The lowest BCUT2D eigenvalue weighted by Crippen LogP contribution is -1.95. The molecule has 0 saturated carbocycles. The van der Waals surface area contributed by atoms with Crippen molar-refractivity contribution in [2.24, 2.45) is 0 Å². The molecule has 0 heterocycles. The van der Waals surface area contributed by atoms with Crippen LogP contribution in [0.5, 0.6) is 0 Å². The molecule has 0 spiro atoms. The van der Waals surface area contributed by atoms with E-state index in [0.717, 1.165) is 22.3 Å². The van der Waals surface area contributed by atoms with Crippen LogP contribution >= 0.6 is 0 Å². The molecule has 0 radical (unpaired) electrons. The van der Waals surface area contributed by atoms with E-state index in [1.807, 2.05) is 48.6 Å². The van der Waals surface area contributed by atoms with Gasteiger partial charge in [-0.05, 0) is 57.6 Å². The monoisotopic (exact) mass is 295 g/mol. The SMILES string of the molecule is C=Cc1c(C=C)c(-c2cccc(C#N)c2)c2ccccc2c1C. The van der Waals surface area contributed by atoms with Crippen LogP contribution in [0.1, 0.15) is 22.3 Å². The van der Waals surface area contributed by atoms with Gasteiger partial charge >= 0.3 is 0 Å². The van der Waals surface area contributed by atoms with E-state index in [2.05, 4.69) is 38.3 Å². The number of hydrogen-bond donors (Lipinski definition) is 0. The van der Waals surface area contributed by atoms with Gasteiger partial charge in [0.05, 0.1) is 11.6 Å². The Labute approximate surface area is 136 Å². The molecule has 0 amide bonds. The second-order valence-corrected chi connectivity index (χ2v) is 5.47. The Morgan fingerprint density at radius 3 is 2.26 bits per heavy atom. The third kappa shape index (κ3) is 2.35. The molecule has 23 heavy (non-hydrogen) atoms. The molecule has 0 aliphatic carbocycles. The van der Waals surface area contributed by atoms with Gasteiger partial charge in [-0.25, -0.2) is 0 Å². The number of benzene rings is 3. The maximum absolute atomic E-state index is 9.21. The zero-order chi connectivity index (χ0) is 16.4. The number of fused-ring (bicyclic) bond motifs is 1. The van der Waals surface area contributed by atoms with Gasteiger partial charge in [0.2, 0.25) is 0 Å². The van der Waals surface area contributed by atoms with Crippen molar-refractivity contribution in [1.29, 1.82) is 5.26 Å². The summed E-state index contributed by atoms with van der Waals surface area (Å²) in [4.78, 5) is 0. The van der Waals surface area contributed by atoms with Crippen LogP contribution in [0.15, 0.2) is 61.7 Å². The number of nitrogens with zero attached hydrogens (tertiary/aromatic N) is 1. The number of hydrogen-bond acceptors (Lipinski definition) is 1. The Kier molecular flexibility index (Phi) is 3.83. The van der Waals surface area contributed by atoms with Crippen LogP contribution in [0.3, 0.4) is 0 Å². The Bertz CT molecular complexity index is 971. The fraction of sp³-hybridized carbons (Fsp3) is 0.0455.